The fourth-order valence-corrected chi connectivity index (χ4v) is 3.27. The van der Waals surface area contributed by atoms with Crippen molar-refractivity contribution in [3.8, 4) is 0 Å². The van der Waals surface area contributed by atoms with E-state index in [1.54, 1.807) is 24.2 Å². The Bertz CT molecular complexity index is 630. The monoisotopic (exact) mass is 364 g/mol. The first kappa shape index (κ1) is 20.3. The molecular formula is C20H32N2O4. The van der Waals surface area contributed by atoms with E-state index in [1.807, 2.05) is 39.5 Å². The average Bonchev–Trinajstić information content (AvgIpc) is 2.96. The second-order valence-corrected chi connectivity index (χ2v) is 8.38. The van der Waals surface area contributed by atoms with Crippen LogP contribution in [0.15, 0.2) is 16.7 Å². The molecule has 2 amide bonds. The Morgan fingerprint density at radius 2 is 2.08 bits per heavy atom. The predicted molar refractivity (Wildman–Crippen MR) is 100 cm³/mol. The van der Waals surface area contributed by atoms with Gasteiger partial charge in [-0.3, -0.25) is 4.79 Å². The molecule has 0 spiro atoms. The molecule has 1 aromatic heterocycles. The number of likely N-dealkylation sites (tertiary alicyclic amines) is 1. The van der Waals surface area contributed by atoms with Crippen LogP contribution in [0.25, 0.3) is 0 Å². The van der Waals surface area contributed by atoms with Gasteiger partial charge in [-0.05, 0) is 66.4 Å². The normalized spacial score (nSPS) is 18.1. The number of ether oxygens (including phenoxy) is 1. The molecule has 1 fully saturated rings. The van der Waals surface area contributed by atoms with E-state index >= 15 is 0 Å². The summed E-state index contributed by atoms with van der Waals surface area (Å²) in [7, 11) is 0. The van der Waals surface area contributed by atoms with Crippen molar-refractivity contribution < 1.29 is 18.7 Å². The van der Waals surface area contributed by atoms with Crippen molar-refractivity contribution in [1.82, 2.24) is 9.80 Å². The molecule has 0 saturated carbocycles. The molecule has 0 N–H and O–H groups in total. The van der Waals surface area contributed by atoms with Gasteiger partial charge in [-0.2, -0.15) is 0 Å². The molecule has 0 aliphatic carbocycles. The maximum atomic E-state index is 12.7. The Labute approximate surface area is 156 Å². The number of hydrogen-bond donors (Lipinski definition) is 0. The van der Waals surface area contributed by atoms with Crippen LogP contribution in [0.3, 0.4) is 0 Å². The molecule has 1 aliphatic heterocycles. The highest BCUT2D eigenvalue weighted by Gasteiger charge is 2.31. The Morgan fingerprint density at radius 1 is 1.38 bits per heavy atom. The lowest BCUT2D eigenvalue weighted by atomic mass is 9.96. The highest BCUT2D eigenvalue weighted by Crippen LogP contribution is 2.23. The number of rotatable bonds is 4. The Kier molecular flexibility index (Phi) is 6.37. The zero-order valence-electron chi connectivity index (χ0n) is 16.9. The molecule has 0 bridgehead atoms. The van der Waals surface area contributed by atoms with Gasteiger partial charge in [-0.25, -0.2) is 4.79 Å². The maximum absolute atomic E-state index is 12.7. The molecule has 1 aromatic rings. The highest BCUT2D eigenvalue weighted by atomic mass is 16.6. The molecule has 6 nitrogen and oxygen atoms in total. The zero-order valence-corrected chi connectivity index (χ0v) is 16.9. The van der Waals surface area contributed by atoms with E-state index in [2.05, 4.69) is 0 Å². The standard InChI is InChI=1S/C20H32N2O4/c1-14(2)22(19(24)26-20(4,5)6)13-16-8-7-10-21(12-16)18(23)17-9-11-25-15(17)3/h9,11,14,16H,7-8,10,12-13H2,1-6H3. The number of piperidine rings is 1. The number of carbonyl (C=O) groups is 2. The van der Waals surface area contributed by atoms with Gasteiger partial charge in [-0.15, -0.1) is 0 Å². The van der Waals surface area contributed by atoms with Crippen LogP contribution in [-0.4, -0.2) is 53.1 Å². The number of nitrogens with zero attached hydrogens (tertiary/aromatic N) is 2. The molecule has 2 heterocycles. The largest absolute Gasteiger partial charge is 0.469 e. The molecule has 1 unspecified atom stereocenters. The van der Waals surface area contributed by atoms with Crippen molar-refractivity contribution in [1.29, 1.82) is 0 Å². The maximum Gasteiger partial charge on any atom is 0.410 e. The van der Waals surface area contributed by atoms with E-state index in [0.717, 1.165) is 19.4 Å². The van der Waals surface area contributed by atoms with E-state index < -0.39 is 5.60 Å². The average molecular weight is 364 g/mol. The van der Waals surface area contributed by atoms with Crippen molar-refractivity contribution in [2.24, 2.45) is 5.92 Å². The quantitative estimate of drug-likeness (QED) is 0.807. The summed E-state index contributed by atoms with van der Waals surface area (Å²) in [6, 6.07) is 1.77. The lowest BCUT2D eigenvalue weighted by molar-refractivity contribution is 0.0124. The fraction of sp³-hybridized carbons (Fsp3) is 0.700. The molecule has 2 rings (SSSR count). The molecule has 1 aliphatic rings. The van der Waals surface area contributed by atoms with Gasteiger partial charge >= 0.3 is 6.09 Å². The molecule has 26 heavy (non-hydrogen) atoms. The summed E-state index contributed by atoms with van der Waals surface area (Å²) in [5.74, 6) is 0.902. The molecule has 1 atom stereocenters. The Balaban J connectivity index is 2.02. The van der Waals surface area contributed by atoms with Crippen molar-refractivity contribution in [3.05, 3.63) is 23.7 Å². The summed E-state index contributed by atoms with van der Waals surface area (Å²) in [5.41, 5.74) is 0.107. The lowest BCUT2D eigenvalue weighted by Crippen LogP contribution is -2.48. The molecule has 146 valence electrons. The van der Waals surface area contributed by atoms with Gasteiger partial charge in [0.05, 0.1) is 11.8 Å². The predicted octanol–water partition coefficient (Wildman–Crippen LogP) is 4.09. The van der Waals surface area contributed by atoms with Gasteiger partial charge in [0.2, 0.25) is 0 Å². The first-order valence-electron chi connectivity index (χ1n) is 9.41. The van der Waals surface area contributed by atoms with Crippen LogP contribution in [-0.2, 0) is 4.74 Å². The van der Waals surface area contributed by atoms with Crippen LogP contribution in [0.1, 0.15) is 63.6 Å². The minimum absolute atomic E-state index is 0.00862. The van der Waals surface area contributed by atoms with Crippen LogP contribution in [0.4, 0.5) is 4.79 Å². The molecular weight excluding hydrogens is 332 g/mol. The van der Waals surface area contributed by atoms with Gasteiger partial charge in [0.15, 0.2) is 0 Å². The topological polar surface area (TPSA) is 63.0 Å². The second kappa shape index (κ2) is 8.14. The van der Waals surface area contributed by atoms with Gasteiger partial charge in [0.1, 0.15) is 11.4 Å². The summed E-state index contributed by atoms with van der Waals surface area (Å²) in [6.45, 7) is 13.4. The first-order valence-corrected chi connectivity index (χ1v) is 9.41. The lowest BCUT2D eigenvalue weighted by Gasteiger charge is -2.37. The number of aryl methyl sites for hydroxylation is 1. The Hall–Kier alpha value is -1.98. The van der Waals surface area contributed by atoms with E-state index in [4.69, 9.17) is 9.15 Å². The number of hydrogen-bond acceptors (Lipinski definition) is 4. The zero-order chi connectivity index (χ0) is 19.5. The van der Waals surface area contributed by atoms with Crippen molar-refractivity contribution in [2.75, 3.05) is 19.6 Å². The van der Waals surface area contributed by atoms with Gasteiger partial charge in [0, 0.05) is 25.7 Å². The molecule has 0 radical (unpaired) electrons. The number of amides is 2. The highest BCUT2D eigenvalue weighted by molar-refractivity contribution is 5.95. The van der Waals surface area contributed by atoms with Crippen LogP contribution in [0, 0.1) is 12.8 Å². The Morgan fingerprint density at radius 3 is 2.62 bits per heavy atom. The summed E-state index contributed by atoms with van der Waals surface area (Å²) in [5, 5.41) is 0. The van der Waals surface area contributed by atoms with E-state index in [9.17, 15) is 9.59 Å². The summed E-state index contributed by atoms with van der Waals surface area (Å²) in [6.07, 6.45) is 3.20. The van der Waals surface area contributed by atoms with E-state index in [-0.39, 0.29) is 24.0 Å². The minimum atomic E-state index is -0.516. The molecule has 6 heteroatoms. The summed E-state index contributed by atoms with van der Waals surface area (Å²) in [4.78, 5) is 28.9. The summed E-state index contributed by atoms with van der Waals surface area (Å²) >= 11 is 0. The summed E-state index contributed by atoms with van der Waals surface area (Å²) < 4.78 is 10.8. The number of furan rings is 1. The first-order chi connectivity index (χ1) is 12.1. The molecule has 0 aromatic carbocycles. The minimum Gasteiger partial charge on any atom is -0.469 e. The fourth-order valence-electron chi connectivity index (χ4n) is 3.27. The van der Waals surface area contributed by atoms with Crippen LogP contribution in [0.2, 0.25) is 0 Å². The van der Waals surface area contributed by atoms with E-state index in [1.165, 1.54) is 0 Å². The SMILES string of the molecule is Cc1occc1C(=O)N1CCCC(CN(C(=O)OC(C)(C)C)C(C)C)C1. The van der Waals surface area contributed by atoms with Gasteiger partial charge < -0.3 is 19.0 Å². The van der Waals surface area contributed by atoms with E-state index in [0.29, 0.717) is 24.4 Å². The van der Waals surface area contributed by atoms with Crippen molar-refractivity contribution in [2.45, 2.75) is 66.0 Å². The van der Waals surface area contributed by atoms with Gasteiger partial charge in [-0.1, -0.05) is 0 Å². The van der Waals surface area contributed by atoms with Crippen LogP contribution in [0.5, 0.6) is 0 Å². The smallest absolute Gasteiger partial charge is 0.410 e. The van der Waals surface area contributed by atoms with Crippen molar-refractivity contribution >= 4 is 12.0 Å². The van der Waals surface area contributed by atoms with Gasteiger partial charge in [0.25, 0.3) is 5.91 Å². The van der Waals surface area contributed by atoms with Crippen LogP contribution < -0.4 is 0 Å². The number of carbonyl (C=O) groups excluding carboxylic acids is 2. The van der Waals surface area contributed by atoms with Crippen LogP contribution >= 0.6 is 0 Å². The van der Waals surface area contributed by atoms with Crippen molar-refractivity contribution in [3.63, 3.8) is 0 Å². The third-order valence-electron chi connectivity index (χ3n) is 4.60. The molecule has 1 saturated heterocycles. The second-order valence-electron chi connectivity index (χ2n) is 8.38. The third kappa shape index (κ3) is 5.26. The third-order valence-corrected chi connectivity index (χ3v) is 4.60.